The number of hydrogen-bond donors (Lipinski definition) is 2. The van der Waals surface area contributed by atoms with Crippen LogP contribution in [0.2, 0.25) is 0 Å². The van der Waals surface area contributed by atoms with E-state index in [1.165, 1.54) is 16.1 Å². The first kappa shape index (κ1) is 22.4. The Morgan fingerprint density at radius 1 is 1.19 bits per heavy atom. The maximum atomic E-state index is 12.9. The van der Waals surface area contributed by atoms with Gasteiger partial charge in [-0.2, -0.15) is 9.57 Å². The first-order valence-corrected chi connectivity index (χ1v) is 12.3. The van der Waals surface area contributed by atoms with Gasteiger partial charge in [-0.1, -0.05) is 11.8 Å². The summed E-state index contributed by atoms with van der Waals surface area (Å²) in [6, 6.07) is 12.3. The number of aliphatic carboxylic acids is 1. The van der Waals surface area contributed by atoms with Crippen molar-refractivity contribution >= 4 is 33.3 Å². The van der Waals surface area contributed by atoms with Gasteiger partial charge in [0.15, 0.2) is 0 Å². The summed E-state index contributed by atoms with van der Waals surface area (Å²) in [6.07, 6.45) is 1.57. The standard InChI is InChI=1S/C22H22N4O4S2/c1-15-19(12-21(27)28)20-7-2-16(13-23)14-26(20)22(15)31-17-3-5-18(6-4-17)32(29,30)25-10-8-24-9-11-25/h2-7,14,24H,8-12H2,1H3,(H,27,28). The van der Waals surface area contributed by atoms with E-state index in [9.17, 15) is 23.6 Å². The van der Waals surface area contributed by atoms with Gasteiger partial charge in [0.2, 0.25) is 10.0 Å². The molecule has 1 fully saturated rings. The number of piperazine rings is 1. The van der Waals surface area contributed by atoms with Crippen LogP contribution in [0.1, 0.15) is 16.7 Å². The van der Waals surface area contributed by atoms with Crippen LogP contribution >= 0.6 is 11.8 Å². The van der Waals surface area contributed by atoms with E-state index in [2.05, 4.69) is 11.4 Å². The molecule has 0 unspecified atom stereocenters. The molecule has 4 rings (SSSR count). The number of rotatable bonds is 6. The van der Waals surface area contributed by atoms with Gasteiger partial charge < -0.3 is 14.8 Å². The van der Waals surface area contributed by atoms with E-state index < -0.39 is 16.0 Å². The van der Waals surface area contributed by atoms with Crippen LogP contribution in [-0.4, -0.2) is 54.4 Å². The summed E-state index contributed by atoms with van der Waals surface area (Å²) < 4.78 is 29.0. The lowest BCUT2D eigenvalue weighted by Crippen LogP contribution is -2.46. The monoisotopic (exact) mass is 470 g/mol. The van der Waals surface area contributed by atoms with E-state index in [0.29, 0.717) is 37.3 Å². The number of pyridine rings is 1. The molecule has 32 heavy (non-hydrogen) atoms. The summed E-state index contributed by atoms with van der Waals surface area (Å²) in [5, 5.41) is 22.6. The molecule has 0 atom stereocenters. The SMILES string of the molecule is Cc1c(CC(=O)O)c2ccc(C#N)cn2c1Sc1ccc(S(=O)(=O)N2CCNCC2)cc1. The third-order valence-electron chi connectivity index (χ3n) is 5.46. The summed E-state index contributed by atoms with van der Waals surface area (Å²) in [6.45, 7) is 4.03. The second-order valence-corrected chi connectivity index (χ2v) is 10.5. The van der Waals surface area contributed by atoms with Crippen molar-refractivity contribution in [1.82, 2.24) is 14.0 Å². The Hall–Kier alpha value is -2.84. The van der Waals surface area contributed by atoms with E-state index >= 15 is 0 Å². The van der Waals surface area contributed by atoms with Crippen LogP contribution in [0, 0.1) is 18.3 Å². The molecule has 3 aromatic rings. The largest absolute Gasteiger partial charge is 0.481 e. The van der Waals surface area contributed by atoms with Crippen molar-refractivity contribution in [3.63, 3.8) is 0 Å². The molecule has 2 N–H and O–H groups in total. The molecule has 166 valence electrons. The molecular weight excluding hydrogens is 448 g/mol. The lowest BCUT2D eigenvalue weighted by atomic mass is 10.1. The molecule has 2 aromatic heterocycles. The Balaban J connectivity index is 1.68. The summed E-state index contributed by atoms with van der Waals surface area (Å²) in [5.41, 5.74) is 2.73. The fraction of sp³-hybridized carbons (Fsp3) is 0.273. The molecule has 8 nitrogen and oxygen atoms in total. The molecule has 0 spiro atoms. The van der Waals surface area contributed by atoms with Crippen LogP contribution in [0.4, 0.5) is 0 Å². The van der Waals surface area contributed by atoms with Crippen molar-refractivity contribution in [3.05, 3.63) is 59.3 Å². The third-order valence-corrected chi connectivity index (χ3v) is 8.58. The zero-order valence-corrected chi connectivity index (χ0v) is 19.0. The van der Waals surface area contributed by atoms with Gasteiger partial charge >= 0.3 is 5.97 Å². The number of carboxylic acid groups (broad SMARTS) is 1. The molecule has 1 aromatic carbocycles. The van der Waals surface area contributed by atoms with Crippen molar-refractivity contribution in [2.45, 2.75) is 28.2 Å². The number of sulfonamides is 1. The number of carbonyl (C=O) groups is 1. The highest BCUT2D eigenvalue weighted by Crippen LogP contribution is 2.36. The van der Waals surface area contributed by atoms with E-state index in [1.807, 2.05) is 11.3 Å². The highest BCUT2D eigenvalue weighted by Gasteiger charge is 2.26. The van der Waals surface area contributed by atoms with Gasteiger partial charge in [-0.05, 0) is 54.4 Å². The average molecular weight is 471 g/mol. The summed E-state index contributed by atoms with van der Waals surface area (Å²) in [5.74, 6) is -0.927. The highest BCUT2D eigenvalue weighted by molar-refractivity contribution is 7.99. The van der Waals surface area contributed by atoms with Gasteiger partial charge in [-0.3, -0.25) is 4.79 Å². The van der Waals surface area contributed by atoms with Crippen LogP contribution in [0.25, 0.3) is 5.52 Å². The fourth-order valence-electron chi connectivity index (χ4n) is 3.81. The molecule has 0 amide bonds. The second-order valence-electron chi connectivity index (χ2n) is 7.49. The van der Waals surface area contributed by atoms with Crippen molar-refractivity contribution in [3.8, 4) is 6.07 Å². The van der Waals surface area contributed by atoms with Crippen LogP contribution in [0.5, 0.6) is 0 Å². The molecule has 3 heterocycles. The predicted molar refractivity (Wildman–Crippen MR) is 120 cm³/mol. The Morgan fingerprint density at radius 3 is 2.50 bits per heavy atom. The summed E-state index contributed by atoms with van der Waals surface area (Å²) in [7, 11) is -3.54. The van der Waals surface area contributed by atoms with E-state index in [1.54, 1.807) is 42.6 Å². The molecule has 0 radical (unpaired) electrons. The van der Waals surface area contributed by atoms with Crippen LogP contribution < -0.4 is 5.32 Å². The average Bonchev–Trinajstić information content (AvgIpc) is 3.04. The quantitative estimate of drug-likeness (QED) is 0.569. The Bertz CT molecular complexity index is 1320. The van der Waals surface area contributed by atoms with E-state index in [-0.39, 0.29) is 11.3 Å². The minimum Gasteiger partial charge on any atom is -0.481 e. The molecule has 0 aliphatic carbocycles. The molecular formula is C22H22N4O4S2. The van der Waals surface area contributed by atoms with Crippen LogP contribution in [-0.2, 0) is 21.2 Å². The van der Waals surface area contributed by atoms with Crippen LogP contribution in [0.3, 0.4) is 0 Å². The lowest BCUT2D eigenvalue weighted by molar-refractivity contribution is -0.136. The fourth-order valence-corrected chi connectivity index (χ4v) is 6.27. The molecule has 1 aliphatic rings. The van der Waals surface area contributed by atoms with Crippen molar-refractivity contribution in [1.29, 1.82) is 5.26 Å². The predicted octanol–water partition coefficient (Wildman–Crippen LogP) is 2.49. The lowest BCUT2D eigenvalue weighted by Gasteiger charge is -2.26. The Kier molecular flexibility index (Phi) is 6.26. The topological polar surface area (TPSA) is 115 Å². The minimum absolute atomic E-state index is 0.121. The van der Waals surface area contributed by atoms with Crippen molar-refractivity contribution in [2.75, 3.05) is 26.2 Å². The number of nitrogens with zero attached hydrogens (tertiary/aromatic N) is 3. The molecule has 0 saturated carbocycles. The maximum Gasteiger partial charge on any atom is 0.307 e. The molecule has 1 saturated heterocycles. The summed E-state index contributed by atoms with van der Waals surface area (Å²) >= 11 is 1.41. The number of fused-ring (bicyclic) bond motifs is 1. The number of carboxylic acids is 1. The third kappa shape index (κ3) is 4.25. The van der Waals surface area contributed by atoms with Gasteiger partial charge in [0.25, 0.3) is 0 Å². The minimum atomic E-state index is -3.54. The number of benzene rings is 1. The molecule has 10 heteroatoms. The number of aromatic nitrogens is 1. The maximum absolute atomic E-state index is 12.9. The number of nitriles is 1. The van der Waals surface area contributed by atoms with Gasteiger partial charge in [0, 0.05) is 37.3 Å². The van der Waals surface area contributed by atoms with Crippen molar-refractivity contribution < 1.29 is 18.3 Å². The van der Waals surface area contributed by atoms with Crippen molar-refractivity contribution in [2.24, 2.45) is 0 Å². The van der Waals surface area contributed by atoms with Gasteiger partial charge in [0.05, 0.1) is 27.4 Å². The zero-order chi connectivity index (χ0) is 22.9. The van der Waals surface area contributed by atoms with E-state index in [4.69, 9.17) is 0 Å². The number of hydrogen-bond acceptors (Lipinski definition) is 6. The normalized spacial score (nSPS) is 15.0. The summed E-state index contributed by atoms with van der Waals surface area (Å²) in [4.78, 5) is 12.4. The first-order valence-electron chi connectivity index (χ1n) is 10.1. The highest BCUT2D eigenvalue weighted by atomic mass is 32.2. The van der Waals surface area contributed by atoms with Gasteiger partial charge in [-0.25, -0.2) is 8.42 Å². The molecule has 0 bridgehead atoms. The van der Waals surface area contributed by atoms with E-state index in [0.717, 1.165) is 21.0 Å². The zero-order valence-electron chi connectivity index (χ0n) is 17.4. The smallest absolute Gasteiger partial charge is 0.307 e. The Labute approximate surface area is 190 Å². The first-order chi connectivity index (χ1) is 15.3. The van der Waals surface area contributed by atoms with Crippen LogP contribution in [0.15, 0.2) is 57.4 Å². The van der Waals surface area contributed by atoms with Gasteiger partial charge in [0.1, 0.15) is 6.07 Å². The second kappa shape index (κ2) is 8.96. The molecule has 1 aliphatic heterocycles. The van der Waals surface area contributed by atoms with Gasteiger partial charge in [-0.15, -0.1) is 0 Å². The number of nitrogens with one attached hydrogen (secondary N) is 1. The Morgan fingerprint density at radius 2 is 1.88 bits per heavy atom.